The maximum atomic E-state index is 12.3. The van der Waals surface area contributed by atoms with Crippen molar-refractivity contribution in [2.45, 2.75) is 25.2 Å². The van der Waals surface area contributed by atoms with Gasteiger partial charge in [0.25, 0.3) is 0 Å². The largest absolute Gasteiger partial charge is 0.329 e. The summed E-state index contributed by atoms with van der Waals surface area (Å²) >= 11 is 1.65. The van der Waals surface area contributed by atoms with Gasteiger partial charge in [0.1, 0.15) is 0 Å². The first-order valence-electron chi connectivity index (χ1n) is 6.41. The van der Waals surface area contributed by atoms with Gasteiger partial charge in [-0.05, 0) is 25.5 Å². The molecule has 1 aromatic rings. The summed E-state index contributed by atoms with van der Waals surface area (Å²) in [5, 5.41) is 2.99. The van der Waals surface area contributed by atoms with Gasteiger partial charge in [-0.15, -0.1) is 18.3 Å². The van der Waals surface area contributed by atoms with Crippen LogP contribution in [0.4, 0.5) is 5.69 Å². The highest BCUT2D eigenvalue weighted by Crippen LogP contribution is 2.29. The van der Waals surface area contributed by atoms with Crippen LogP contribution in [-0.2, 0) is 4.79 Å². The van der Waals surface area contributed by atoms with Crippen molar-refractivity contribution < 1.29 is 4.79 Å². The Hall–Kier alpha value is -1.26. The number of para-hydroxylation sites is 1. The summed E-state index contributed by atoms with van der Waals surface area (Å²) in [5.74, 6) is 0.790. The van der Waals surface area contributed by atoms with Crippen LogP contribution in [-0.4, -0.2) is 18.2 Å². The number of carbonyl (C=O) groups is 1. The zero-order valence-electron chi connectivity index (χ0n) is 11.6. The van der Waals surface area contributed by atoms with Gasteiger partial charge in [0.15, 0.2) is 0 Å². The molecule has 1 unspecified atom stereocenters. The number of hydrogen-bond donors (Lipinski definition) is 2. The Bertz CT molecular complexity index is 442. The lowest BCUT2D eigenvalue weighted by molar-refractivity contribution is -0.124. The van der Waals surface area contributed by atoms with E-state index in [9.17, 15) is 4.79 Å². The Morgan fingerprint density at radius 1 is 1.53 bits per heavy atom. The maximum absolute atomic E-state index is 12.3. The highest BCUT2D eigenvalue weighted by molar-refractivity contribution is 7.99. The van der Waals surface area contributed by atoms with Crippen LogP contribution in [0.25, 0.3) is 0 Å². The summed E-state index contributed by atoms with van der Waals surface area (Å²) in [7, 11) is 0. The molecule has 0 radical (unpaired) electrons. The Morgan fingerprint density at radius 3 is 2.79 bits per heavy atom. The molecule has 0 aliphatic heterocycles. The monoisotopic (exact) mass is 278 g/mol. The lowest BCUT2D eigenvalue weighted by Gasteiger charge is -2.25. The van der Waals surface area contributed by atoms with Gasteiger partial charge >= 0.3 is 0 Å². The second kappa shape index (κ2) is 7.36. The average molecular weight is 278 g/mol. The Morgan fingerprint density at radius 2 is 2.21 bits per heavy atom. The smallest absolute Gasteiger partial charge is 0.231 e. The van der Waals surface area contributed by atoms with Crippen molar-refractivity contribution in [3.05, 3.63) is 36.9 Å². The van der Waals surface area contributed by atoms with Gasteiger partial charge in [-0.2, -0.15) is 0 Å². The molecule has 104 valence electrons. The van der Waals surface area contributed by atoms with Gasteiger partial charge in [0, 0.05) is 17.2 Å². The number of benzene rings is 1. The number of amides is 1. The van der Waals surface area contributed by atoms with Crippen molar-refractivity contribution in [1.29, 1.82) is 0 Å². The fraction of sp³-hybridized carbons (Fsp3) is 0.400. The van der Waals surface area contributed by atoms with Crippen molar-refractivity contribution in [2.24, 2.45) is 11.1 Å². The van der Waals surface area contributed by atoms with Gasteiger partial charge < -0.3 is 11.1 Å². The lowest BCUT2D eigenvalue weighted by atomic mass is 9.86. The van der Waals surface area contributed by atoms with Crippen LogP contribution in [0.5, 0.6) is 0 Å². The Balaban J connectivity index is 2.87. The van der Waals surface area contributed by atoms with Crippen LogP contribution in [0.1, 0.15) is 20.3 Å². The SMILES string of the molecule is C=CCSc1ccccc1NC(=O)C(C)(CC)CN. The van der Waals surface area contributed by atoms with Crippen LogP contribution in [0.2, 0.25) is 0 Å². The van der Waals surface area contributed by atoms with Crippen molar-refractivity contribution in [1.82, 2.24) is 0 Å². The first kappa shape index (κ1) is 15.8. The minimum Gasteiger partial charge on any atom is -0.329 e. The third-order valence-corrected chi connectivity index (χ3v) is 4.34. The normalized spacial score (nSPS) is 13.6. The molecule has 19 heavy (non-hydrogen) atoms. The summed E-state index contributed by atoms with van der Waals surface area (Å²) in [6.07, 6.45) is 2.57. The summed E-state index contributed by atoms with van der Waals surface area (Å²) < 4.78 is 0. The average Bonchev–Trinajstić information content (AvgIpc) is 2.45. The standard InChI is InChI=1S/C15H22N2OS/c1-4-10-19-13-9-7-6-8-12(13)17-14(18)15(3,5-2)11-16/h4,6-9H,1,5,10-11,16H2,2-3H3,(H,17,18). The third-order valence-electron chi connectivity index (χ3n) is 3.27. The molecule has 4 heteroatoms. The third kappa shape index (κ3) is 4.11. The molecule has 1 atom stereocenters. The molecule has 3 nitrogen and oxygen atoms in total. The molecule has 0 bridgehead atoms. The van der Waals surface area contributed by atoms with E-state index in [1.54, 1.807) is 11.8 Å². The fourth-order valence-corrected chi connectivity index (χ4v) is 2.26. The van der Waals surface area contributed by atoms with E-state index in [2.05, 4.69) is 11.9 Å². The molecule has 0 fully saturated rings. The quantitative estimate of drug-likeness (QED) is 0.594. The van der Waals surface area contributed by atoms with E-state index < -0.39 is 5.41 Å². The van der Waals surface area contributed by atoms with Gasteiger partial charge in [-0.3, -0.25) is 4.79 Å². The first-order chi connectivity index (χ1) is 9.07. The number of carbonyl (C=O) groups excluding carboxylic acids is 1. The van der Waals surface area contributed by atoms with E-state index >= 15 is 0 Å². The van der Waals surface area contributed by atoms with Gasteiger partial charge in [-0.25, -0.2) is 0 Å². The molecule has 0 aliphatic rings. The van der Waals surface area contributed by atoms with Crippen molar-refractivity contribution in [3.8, 4) is 0 Å². The van der Waals surface area contributed by atoms with Crippen molar-refractivity contribution in [3.63, 3.8) is 0 Å². The molecule has 1 aromatic carbocycles. The first-order valence-corrected chi connectivity index (χ1v) is 7.40. The number of nitrogens with two attached hydrogens (primary N) is 1. The zero-order chi connectivity index (χ0) is 14.3. The van der Waals surface area contributed by atoms with E-state index in [1.165, 1.54) is 0 Å². The number of anilines is 1. The number of rotatable bonds is 7. The summed E-state index contributed by atoms with van der Waals surface area (Å²) in [6, 6.07) is 7.79. The number of hydrogen-bond acceptors (Lipinski definition) is 3. The summed E-state index contributed by atoms with van der Waals surface area (Å²) in [6.45, 7) is 7.92. The highest BCUT2D eigenvalue weighted by atomic mass is 32.2. The van der Waals surface area contributed by atoms with Crippen LogP contribution < -0.4 is 11.1 Å². The molecule has 1 amide bonds. The van der Waals surface area contributed by atoms with Crippen LogP contribution in [0, 0.1) is 5.41 Å². The molecule has 3 N–H and O–H groups in total. The molecule has 0 aromatic heterocycles. The number of thioether (sulfide) groups is 1. The molecule has 0 aliphatic carbocycles. The molecule has 0 heterocycles. The van der Waals surface area contributed by atoms with E-state index in [0.29, 0.717) is 6.54 Å². The summed E-state index contributed by atoms with van der Waals surface area (Å²) in [5.41, 5.74) is 6.03. The van der Waals surface area contributed by atoms with E-state index in [-0.39, 0.29) is 5.91 Å². The van der Waals surface area contributed by atoms with Gasteiger partial charge in [0.05, 0.1) is 11.1 Å². The zero-order valence-corrected chi connectivity index (χ0v) is 12.4. The molecule has 1 rings (SSSR count). The predicted molar refractivity (Wildman–Crippen MR) is 83.4 cm³/mol. The fourth-order valence-electron chi connectivity index (χ4n) is 1.52. The van der Waals surface area contributed by atoms with E-state index in [0.717, 1.165) is 22.8 Å². The highest BCUT2D eigenvalue weighted by Gasteiger charge is 2.29. The van der Waals surface area contributed by atoms with E-state index in [4.69, 9.17) is 5.73 Å². The molecule has 0 spiro atoms. The van der Waals surface area contributed by atoms with E-state index in [1.807, 2.05) is 44.2 Å². The van der Waals surface area contributed by atoms with Gasteiger partial charge in [-0.1, -0.05) is 25.1 Å². The number of nitrogens with one attached hydrogen (secondary N) is 1. The Labute approximate surface area is 119 Å². The van der Waals surface area contributed by atoms with Crippen LogP contribution >= 0.6 is 11.8 Å². The van der Waals surface area contributed by atoms with Crippen molar-refractivity contribution in [2.75, 3.05) is 17.6 Å². The predicted octanol–water partition coefficient (Wildman–Crippen LogP) is 3.28. The second-order valence-electron chi connectivity index (χ2n) is 4.67. The maximum Gasteiger partial charge on any atom is 0.231 e. The lowest BCUT2D eigenvalue weighted by Crippen LogP contribution is -2.39. The molecular weight excluding hydrogens is 256 g/mol. The Kier molecular flexibility index (Phi) is 6.12. The topological polar surface area (TPSA) is 55.1 Å². The minimum absolute atomic E-state index is 0.0239. The van der Waals surface area contributed by atoms with Crippen molar-refractivity contribution >= 4 is 23.4 Å². The second-order valence-corrected chi connectivity index (χ2v) is 5.73. The van der Waals surface area contributed by atoms with Crippen LogP contribution in [0.15, 0.2) is 41.8 Å². The molecular formula is C15H22N2OS. The van der Waals surface area contributed by atoms with Gasteiger partial charge in [0.2, 0.25) is 5.91 Å². The molecule has 0 saturated heterocycles. The van der Waals surface area contributed by atoms with Crippen LogP contribution in [0.3, 0.4) is 0 Å². The minimum atomic E-state index is -0.518. The summed E-state index contributed by atoms with van der Waals surface area (Å²) in [4.78, 5) is 13.3. The molecule has 0 saturated carbocycles.